The highest BCUT2D eigenvalue weighted by Crippen LogP contribution is 2.06. The number of likely N-dealkylation sites (N-methyl/N-ethyl adjacent to an activating group) is 2. The minimum atomic E-state index is -2.63. The molecule has 1 aromatic heterocycles. The van der Waals surface area contributed by atoms with Crippen molar-refractivity contribution in [1.82, 2.24) is 24.4 Å². The lowest BCUT2D eigenvalue weighted by Gasteiger charge is -2.23. The average Bonchev–Trinajstić information content (AvgIpc) is 2.60. The van der Waals surface area contributed by atoms with E-state index in [4.69, 9.17) is 0 Å². The number of carbonyl (C=O) groups excluding carboxylic acids is 2. The second-order valence-electron chi connectivity index (χ2n) is 5.94. The lowest BCUT2D eigenvalue weighted by molar-refractivity contribution is -0.130. The Morgan fingerprint density at radius 2 is 1.96 bits per heavy atom. The molecule has 0 aromatic carbocycles. The van der Waals surface area contributed by atoms with Gasteiger partial charge in [0.25, 0.3) is 5.91 Å². The zero-order valence-corrected chi connectivity index (χ0v) is 16.4. The van der Waals surface area contributed by atoms with Crippen molar-refractivity contribution in [2.24, 2.45) is 0 Å². The third-order valence-electron chi connectivity index (χ3n) is 3.71. The fourth-order valence-electron chi connectivity index (χ4n) is 2.15. The zero-order chi connectivity index (χ0) is 19.7. The molecule has 0 fully saturated rings. The van der Waals surface area contributed by atoms with Crippen molar-refractivity contribution in [3.63, 3.8) is 0 Å². The Bertz CT molecular complexity index is 641. The van der Waals surface area contributed by atoms with E-state index >= 15 is 0 Å². The monoisotopic (exact) mass is 384 g/mol. The Morgan fingerprint density at radius 1 is 1.27 bits per heavy atom. The van der Waals surface area contributed by atoms with Gasteiger partial charge in [-0.2, -0.15) is 0 Å². The van der Waals surface area contributed by atoms with E-state index in [0.717, 1.165) is 6.54 Å². The first kappa shape index (κ1) is 22.2. The third kappa shape index (κ3) is 7.16. The Hall–Kier alpha value is -1.88. The van der Waals surface area contributed by atoms with Gasteiger partial charge in [-0.15, -0.1) is 0 Å². The van der Waals surface area contributed by atoms with E-state index < -0.39 is 17.2 Å². The summed E-state index contributed by atoms with van der Waals surface area (Å²) in [5, 5.41) is 3.01. The summed E-state index contributed by atoms with van der Waals surface area (Å²) in [6, 6.07) is 2.95. The summed E-state index contributed by atoms with van der Waals surface area (Å²) < 4.78 is 22.3. The van der Waals surface area contributed by atoms with Gasteiger partial charge in [0.1, 0.15) is 0 Å². The molecule has 1 aromatic rings. The van der Waals surface area contributed by atoms with Crippen LogP contribution in [0.5, 0.6) is 0 Å². The number of amides is 2. The van der Waals surface area contributed by atoms with Crippen LogP contribution in [-0.2, 0) is 22.6 Å². The van der Waals surface area contributed by atoms with Crippen LogP contribution in [0, 0.1) is 0 Å². The van der Waals surface area contributed by atoms with Gasteiger partial charge in [-0.1, -0.05) is 0 Å². The van der Waals surface area contributed by atoms with Crippen molar-refractivity contribution in [3.8, 4) is 0 Å². The number of pyridine rings is 1. The van der Waals surface area contributed by atoms with Gasteiger partial charge in [0, 0.05) is 56.3 Å². The number of hydrogen-bond donors (Lipinski definition) is 1. The molecule has 0 saturated carbocycles. The van der Waals surface area contributed by atoms with E-state index in [-0.39, 0.29) is 18.0 Å². The Balaban J connectivity index is 2.57. The molecule has 0 aliphatic rings. The summed E-state index contributed by atoms with van der Waals surface area (Å²) in [6.07, 6.45) is 1.43. The molecule has 0 bridgehead atoms. The quantitative estimate of drug-likeness (QED) is 0.539. The number of aromatic nitrogens is 1. The van der Waals surface area contributed by atoms with Crippen molar-refractivity contribution in [1.29, 1.82) is 0 Å². The van der Waals surface area contributed by atoms with E-state index in [1.165, 1.54) is 25.4 Å². The molecule has 1 rings (SSSR count). The van der Waals surface area contributed by atoms with Crippen LogP contribution in [0.25, 0.3) is 0 Å². The van der Waals surface area contributed by atoms with Crippen LogP contribution < -0.4 is 5.32 Å². The Kier molecular flexibility index (Phi) is 9.35. The summed E-state index contributed by atoms with van der Waals surface area (Å²) >= 11 is -2.63. The molecule has 1 atom stereocenters. The first-order valence-corrected chi connectivity index (χ1v) is 9.25. The summed E-state index contributed by atoms with van der Waals surface area (Å²) in [7, 11) is 5.09. The maximum absolute atomic E-state index is 12.2. The van der Waals surface area contributed by atoms with E-state index in [2.05, 4.69) is 10.3 Å². The zero-order valence-electron chi connectivity index (χ0n) is 15.6. The van der Waals surface area contributed by atoms with Crippen molar-refractivity contribution in [3.05, 3.63) is 29.6 Å². The van der Waals surface area contributed by atoms with Crippen LogP contribution >= 0.6 is 0 Å². The van der Waals surface area contributed by atoms with Gasteiger partial charge in [0.2, 0.25) is 5.91 Å². The van der Waals surface area contributed by atoms with Gasteiger partial charge in [-0.3, -0.25) is 23.1 Å². The largest absolute Gasteiger partial charge is 0.755 e. The lowest BCUT2D eigenvalue weighted by atomic mass is 10.2. The van der Waals surface area contributed by atoms with Crippen molar-refractivity contribution in [2.75, 3.05) is 47.3 Å². The molecule has 0 saturated heterocycles. The molecule has 1 heterocycles. The van der Waals surface area contributed by atoms with Crippen molar-refractivity contribution >= 4 is 23.1 Å². The van der Waals surface area contributed by atoms with E-state index in [1.807, 2.05) is 25.9 Å². The number of carbonyl (C=O) groups is 2. The highest BCUT2D eigenvalue weighted by atomic mass is 32.2. The van der Waals surface area contributed by atoms with Gasteiger partial charge >= 0.3 is 0 Å². The topological polar surface area (TPSA) is 109 Å². The third-order valence-corrected chi connectivity index (χ3v) is 4.32. The van der Waals surface area contributed by atoms with Crippen LogP contribution in [0.4, 0.5) is 0 Å². The summed E-state index contributed by atoms with van der Waals surface area (Å²) in [6.45, 7) is 4.47. The molecule has 0 radical (unpaired) electrons. The molecule has 146 valence electrons. The van der Waals surface area contributed by atoms with Gasteiger partial charge in [-0.05, 0) is 33.2 Å². The summed E-state index contributed by atoms with van der Waals surface area (Å²) in [5.74, 6) is -0.651. The van der Waals surface area contributed by atoms with E-state index in [0.29, 0.717) is 29.6 Å². The second kappa shape index (κ2) is 11.0. The Morgan fingerprint density at radius 3 is 2.54 bits per heavy atom. The van der Waals surface area contributed by atoms with Crippen LogP contribution in [-0.4, -0.2) is 87.0 Å². The van der Waals surface area contributed by atoms with Crippen molar-refractivity contribution < 1.29 is 18.4 Å². The van der Waals surface area contributed by atoms with Crippen LogP contribution in [0.15, 0.2) is 18.3 Å². The predicted octanol–water partition coefficient (Wildman–Crippen LogP) is -0.553. The van der Waals surface area contributed by atoms with E-state index in [9.17, 15) is 18.4 Å². The first-order chi connectivity index (χ1) is 12.3. The van der Waals surface area contributed by atoms with Crippen LogP contribution in [0.1, 0.15) is 23.0 Å². The summed E-state index contributed by atoms with van der Waals surface area (Å²) in [5.41, 5.74) is 0.765. The van der Waals surface area contributed by atoms with Gasteiger partial charge in [0.15, 0.2) is 0 Å². The fourth-order valence-corrected chi connectivity index (χ4v) is 2.39. The van der Waals surface area contributed by atoms with Crippen molar-refractivity contribution in [2.45, 2.75) is 13.5 Å². The fraction of sp³-hybridized carbons (Fsp3) is 0.562. The lowest BCUT2D eigenvalue weighted by Crippen LogP contribution is -2.41. The molecule has 0 spiro atoms. The maximum atomic E-state index is 12.2. The standard InChI is InChI=1S/C16H27N5O4S/c1-5-21(9-8-19(2)3)15(22)12-17-11-14-10-13(6-7-18-14)16(23)20(4)26(24)25/h6-7,10,17H,5,8-9,11-12H2,1-4H3,(H,24,25)/p-1. The minimum absolute atomic E-state index is 0.0111. The molecule has 26 heavy (non-hydrogen) atoms. The maximum Gasteiger partial charge on any atom is 0.264 e. The molecule has 10 heteroatoms. The smallest absolute Gasteiger partial charge is 0.264 e. The van der Waals surface area contributed by atoms with Crippen LogP contribution in [0.2, 0.25) is 0 Å². The predicted molar refractivity (Wildman–Crippen MR) is 97.8 cm³/mol. The molecule has 1 N–H and O–H groups in total. The SMILES string of the molecule is CCN(CCN(C)C)C(=O)CNCc1cc(C(=O)N(C)S(=O)[O-])ccn1. The summed E-state index contributed by atoms with van der Waals surface area (Å²) in [4.78, 5) is 32.1. The molecular weight excluding hydrogens is 358 g/mol. The van der Waals surface area contributed by atoms with Crippen LogP contribution in [0.3, 0.4) is 0 Å². The van der Waals surface area contributed by atoms with E-state index in [1.54, 1.807) is 4.90 Å². The van der Waals surface area contributed by atoms with Gasteiger partial charge in [0.05, 0.1) is 12.2 Å². The van der Waals surface area contributed by atoms with Gasteiger partial charge in [-0.25, -0.2) is 0 Å². The molecule has 2 amide bonds. The highest BCUT2D eigenvalue weighted by Gasteiger charge is 2.14. The van der Waals surface area contributed by atoms with Gasteiger partial charge < -0.3 is 19.7 Å². The Labute approximate surface area is 156 Å². The first-order valence-electron chi connectivity index (χ1n) is 8.21. The molecule has 1 unspecified atom stereocenters. The molecule has 0 aliphatic carbocycles. The molecule has 9 nitrogen and oxygen atoms in total. The highest BCUT2D eigenvalue weighted by molar-refractivity contribution is 7.77. The number of nitrogens with zero attached hydrogens (tertiary/aromatic N) is 4. The molecular formula is C16H26N5O4S-. The molecule has 0 aliphatic heterocycles. The number of nitrogens with one attached hydrogen (secondary N) is 1. The number of hydrogen-bond acceptors (Lipinski definition) is 7. The average molecular weight is 384 g/mol. The normalized spacial score (nSPS) is 12.1. The second-order valence-corrected chi connectivity index (χ2v) is 6.92. The minimum Gasteiger partial charge on any atom is -0.755 e. The number of rotatable bonds is 10.